The highest BCUT2D eigenvalue weighted by molar-refractivity contribution is 7.80. The number of fused-ring (bicyclic) bond motifs is 2. The number of rotatable bonds is 7. The summed E-state index contributed by atoms with van der Waals surface area (Å²) in [5.41, 5.74) is 5.45. The molecular formula is C35H39N7O5S. The number of likely N-dealkylation sites (N-methyl/N-ethyl adjacent to an activating group) is 1. The lowest BCUT2D eigenvalue weighted by atomic mass is 10.0. The summed E-state index contributed by atoms with van der Waals surface area (Å²) in [6.45, 7) is 3.05. The molecular weight excluding hydrogens is 630 g/mol. The largest absolute Gasteiger partial charge is 0.508 e. The molecule has 4 aromatic rings. The van der Waals surface area contributed by atoms with Crippen LogP contribution in [0.3, 0.4) is 0 Å². The smallest absolute Gasteiger partial charge is 0.318 e. The third-order valence-corrected chi connectivity index (χ3v) is 9.39. The van der Waals surface area contributed by atoms with Gasteiger partial charge in [0.2, 0.25) is 0 Å². The molecule has 0 radical (unpaired) electrons. The quantitative estimate of drug-likeness (QED) is 0.205. The van der Waals surface area contributed by atoms with Crippen molar-refractivity contribution in [3.8, 4) is 11.5 Å². The molecule has 48 heavy (non-hydrogen) atoms. The van der Waals surface area contributed by atoms with Crippen molar-refractivity contribution in [3.05, 3.63) is 94.7 Å². The average Bonchev–Trinajstić information content (AvgIpc) is 3.59. The molecule has 3 heterocycles. The number of ether oxygens (including phenoxy) is 1. The maximum atomic E-state index is 13.9. The average molecular weight is 670 g/mol. The fourth-order valence-electron chi connectivity index (χ4n) is 6.22. The zero-order valence-corrected chi connectivity index (χ0v) is 28.1. The number of nitrogens with one attached hydrogen (secondary N) is 2. The van der Waals surface area contributed by atoms with E-state index in [9.17, 15) is 19.8 Å². The summed E-state index contributed by atoms with van der Waals surface area (Å²) in [5.74, 6) is 0.617. The molecule has 3 aromatic carbocycles. The number of anilines is 3. The number of benzene rings is 3. The molecule has 6 rings (SSSR count). The van der Waals surface area contributed by atoms with Crippen molar-refractivity contribution >= 4 is 46.3 Å². The molecule has 4 N–H and O–H groups in total. The number of para-hydroxylation sites is 2. The van der Waals surface area contributed by atoms with Crippen LogP contribution in [-0.4, -0.2) is 79.5 Å². The highest BCUT2D eigenvalue weighted by Gasteiger charge is 2.39. The van der Waals surface area contributed by atoms with Gasteiger partial charge in [-0.2, -0.15) is 5.10 Å². The summed E-state index contributed by atoms with van der Waals surface area (Å²) >= 11 is 5.68. The van der Waals surface area contributed by atoms with E-state index in [2.05, 4.69) is 15.7 Å². The number of carbonyl (C=O) groups is 2. The molecule has 0 spiro atoms. The molecule has 2 aliphatic heterocycles. The number of likely N-dealkylation sites (tertiary alicyclic amines) is 1. The maximum Gasteiger partial charge on any atom is 0.318 e. The fourth-order valence-corrected chi connectivity index (χ4v) is 6.45. The van der Waals surface area contributed by atoms with E-state index < -0.39 is 0 Å². The van der Waals surface area contributed by atoms with Crippen molar-refractivity contribution in [1.82, 2.24) is 24.9 Å². The lowest BCUT2D eigenvalue weighted by molar-refractivity contribution is 0.0484. The van der Waals surface area contributed by atoms with Crippen molar-refractivity contribution in [3.63, 3.8) is 0 Å². The second-order valence-electron chi connectivity index (χ2n) is 12.4. The number of nitrogens with zero attached hydrogens (tertiary/aromatic N) is 5. The van der Waals surface area contributed by atoms with Gasteiger partial charge in [0.15, 0.2) is 0 Å². The Balaban J connectivity index is 1.13. The van der Waals surface area contributed by atoms with Crippen LogP contribution in [0.25, 0.3) is 0 Å². The van der Waals surface area contributed by atoms with Gasteiger partial charge in [-0.25, -0.2) is 4.79 Å². The summed E-state index contributed by atoms with van der Waals surface area (Å²) in [5, 5.41) is 30.4. The number of thiocarbonyl (C=S) groups is 1. The van der Waals surface area contributed by atoms with Gasteiger partial charge in [-0.1, -0.05) is 30.4 Å². The van der Waals surface area contributed by atoms with Gasteiger partial charge in [0, 0.05) is 57.8 Å². The van der Waals surface area contributed by atoms with E-state index in [1.165, 1.54) is 18.2 Å². The van der Waals surface area contributed by atoms with Crippen LogP contribution in [0.15, 0.2) is 66.9 Å². The monoisotopic (exact) mass is 669 g/mol. The first-order chi connectivity index (χ1) is 23.0. The van der Waals surface area contributed by atoms with Crippen LogP contribution in [0.5, 0.6) is 11.5 Å². The number of urea groups is 1. The van der Waals surface area contributed by atoms with Crippen molar-refractivity contribution in [1.29, 1.82) is 0 Å². The Morgan fingerprint density at radius 2 is 1.85 bits per heavy atom. The van der Waals surface area contributed by atoms with Gasteiger partial charge in [0.05, 0.1) is 42.9 Å². The first-order valence-corrected chi connectivity index (χ1v) is 16.1. The molecule has 12 nitrogen and oxygen atoms in total. The zero-order valence-electron chi connectivity index (χ0n) is 27.3. The minimum absolute atomic E-state index is 0.0479. The van der Waals surface area contributed by atoms with E-state index in [1.54, 1.807) is 26.7 Å². The molecule has 0 bridgehead atoms. The van der Waals surface area contributed by atoms with Gasteiger partial charge in [0.1, 0.15) is 22.3 Å². The summed E-state index contributed by atoms with van der Waals surface area (Å²) < 4.78 is 7.86. The predicted octanol–water partition coefficient (Wildman–Crippen LogP) is 4.80. The van der Waals surface area contributed by atoms with E-state index in [-0.39, 0.29) is 48.7 Å². The zero-order chi connectivity index (χ0) is 34.1. The van der Waals surface area contributed by atoms with E-state index in [0.717, 1.165) is 33.9 Å². The van der Waals surface area contributed by atoms with Gasteiger partial charge < -0.3 is 40.3 Å². The number of phenolic OH excluding ortho intramolecular Hbond substituents is 2. The number of carbonyl (C=O) groups excluding carboxylic acids is 2. The van der Waals surface area contributed by atoms with Crippen LogP contribution in [0.2, 0.25) is 0 Å². The number of phenols is 2. The SMILES string of the molecule is Cc1cc(C(=O)N2Cc3cnn(C)c3Nc3ccccc32)ccc1CNC(=O)N1C[C@H](OCc2cc(O)cc(O)c2)C[C@H]1C(=S)N(C)C. The number of aromatic hydroxyl groups is 2. The highest BCUT2D eigenvalue weighted by atomic mass is 32.1. The van der Waals surface area contributed by atoms with E-state index in [0.29, 0.717) is 35.6 Å². The Morgan fingerprint density at radius 3 is 2.58 bits per heavy atom. The third-order valence-electron chi connectivity index (χ3n) is 8.75. The summed E-state index contributed by atoms with van der Waals surface area (Å²) in [6, 6.07) is 17.0. The molecule has 0 unspecified atom stereocenters. The highest BCUT2D eigenvalue weighted by Crippen LogP contribution is 2.36. The first-order valence-electron chi connectivity index (χ1n) is 15.7. The number of aromatic nitrogens is 2. The van der Waals surface area contributed by atoms with Crippen LogP contribution >= 0.6 is 12.2 Å². The molecule has 1 fully saturated rings. The second kappa shape index (κ2) is 13.5. The topological polar surface area (TPSA) is 135 Å². The third kappa shape index (κ3) is 6.78. The van der Waals surface area contributed by atoms with E-state index in [1.807, 2.05) is 69.4 Å². The molecule has 1 saturated heterocycles. The lowest BCUT2D eigenvalue weighted by Gasteiger charge is -2.28. The number of hydrogen-bond donors (Lipinski definition) is 4. The van der Waals surface area contributed by atoms with Gasteiger partial charge in [-0.15, -0.1) is 0 Å². The second-order valence-corrected chi connectivity index (χ2v) is 12.8. The summed E-state index contributed by atoms with van der Waals surface area (Å²) in [4.78, 5) is 33.4. The van der Waals surface area contributed by atoms with Crippen molar-refractivity contribution in [2.75, 3.05) is 30.9 Å². The molecule has 0 saturated carbocycles. The van der Waals surface area contributed by atoms with Gasteiger partial charge in [-0.3, -0.25) is 9.48 Å². The minimum atomic E-state index is -0.343. The molecule has 250 valence electrons. The van der Waals surface area contributed by atoms with Crippen LogP contribution < -0.4 is 15.5 Å². The molecule has 2 aliphatic rings. The van der Waals surface area contributed by atoms with Gasteiger partial charge in [-0.05, 0) is 60.0 Å². The van der Waals surface area contributed by atoms with Crippen molar-refractivity contribution in [2.45, 2.75) is 45.2 Å². The Bertz CT molecular complexity index is 1860. The van der Waals surface area contributed by atoms with E-state index >= 15 is 0 Å². The summed E-state index contributed by atoms with van der Waals surface area (Å²) in [6.07, 6.45) is 1.99. The van der Waals surface area contributed by atoms with Crippen LogP contribution in [0, 0.1) is 6.92 Å². The number of aryl methyl sites for hydroxylation is 2. The van der Waals surface area contributed by atoms with Crippen molar-refractivity contribution < 1.29 is 24.5 Å². The Kier molecular flexibility index (Phi) is 9.24. The summed E-state index contributed by atoms with van der Waals surface area (Å²) in [7, 11) is 5.57. The molecule has 3 amide bonds. The number of amides is 3. The van der Waals surface area contributed by atoms with Crippen LogP contribution in [0.1, 0.15) is 39.0 Å². The Morgan fingerprint density at radius 1 is 1.10 bits per heavy atom. The normalized spacial score (nSPS) is 16.8. The molecule has 0 aliphatic carbocycles. The Hall–Kier alpha value is -5.14. The first kappa shape index (κ1) is 32.8. The Labute approximate surface area is 284 Å². The molecule has 2 atom stereocenters. The van der Waals surface area contributed by atoms with Crippen molar-refractivity contribution in [2.24, 2.45) is 7.05 Å². The predicted molar refractivity (Wildman–Crippen MR) is 187 cm³/mol. The molecule has 13 heteroatoms. The van der Waals surface area contributed by atoms with E-state index in [4.69, 9.17) is 17.0 Å². The van der Waals surface area contributed by atoms with Crippen LogP contribution in [0.4, 0.5) is 22.0 Å². The minimum Gasteiger partial charge on any atom is -0.508 e. The fraction of sp³-hybridized carbons (Fsp3) is 0.314. The standard InChI is InChI=1S/C35H39N7O5S/c1-21-11-23(33(45)41-18-25-17-37-40(4)32(25)38-29-7-5-6-8-30(29)41)9-10-24(21)16-36-35(46)42-19-28(15-31(42)34(48)39(2)3)47-20-22-12-26(43)14-27(44)13-22/h5-14,17,28,31,38,43-44H,15-16,18-20H2,1-4H3,(H,36,46)/t28-,31+/m1/s1. The van der Waals surface area contributed by atoms with Gasteiger partial charge >= 0.3 is 6.03 Å². The lowest BCUT2D eigenvalue weighted by Crippen LogP contribution is -2.48. The van der Waals surface area contributed by atoms with Gasteiger partial charge in [0.25, 0.3) is 5.91 Å². The molecule has 1 aromatic heterocycles. The maximum absolute atomic E-state index is 13.9. The van der Waals surface area contributed by atoms with Crippen LogP contribution in [-0.2, 0) is 31.5 Å². The number of hydrogen-bond acceptors (Lipinski definition) is 8.